The number of aromatic nitrogens is 3. The maximum atomic E-state index is 13.1. The monoisotopic (exact) mass is 550 g/mol. The summed E-state index contributed by atoms with van der Waals surface area (Å²) in [6, 6.07) is 6.52. The predicted octanol–water partition coefficient (Wildman–Crippen LogP) is 6.17. The molecule has 3 aromatic rings. The number of halogens is 1. The fourth-order valence-electron chi connectivity index (χ4n) is 4.84. The quantitative estimate of drug-likeness (QED) is 0.338. The number of benzene rings is 1. The summed E-state index contributed by atoms with van der Waals surface area (Å²) in [6.07, 6.45) is 6.47. The molecule has 3 heterocycles. The number of ether oxygens (including phenoxy) is 2. The molecule has 1 N–H and O–H groups in total. The molecule has 1 saturated heterocycles. The molecule has 1 fully saturated rings. The molecule has 1 aliphatic heterocycles. The Morgan fingerprint density at radius 1 is 1.07 bits per heavy atom. The van der Waals surface area contributed by atoms with Crippen LogP contribution in [0.25, 0.3) is 11.1 Å². The smallest absolute Gasteiger partial charge is 0.337 e. The molecule has 0 saturated carbocycles. The number of nitrogens with zero attached hydrogens (tertiary/aromatic N) is 4. The number of aliphatic carboxylic acids is 1. The number of carboxylic acid groups (broad SMARTS) is 1. The molecule has 0 spiro atoms. The van der Waals surface area contributed by atoms with E-state index in [1.165, 1.54) is 12.1 Å². The van der Waals surface area contributed by atoms with Gasteiger partial charge in [0, 0.05) is 60.5 Å². The zero-order chi connectivity index (χ0) is 29.1. The third-order valence-corrected chi connectivity index (χ3v) is 7.15. The average Bonchev–Trinajstić information content (AvgIpc) is 2.88. The largest absolute Gasteiger partial charge is 0.479 e. The molecule has 1 aromatic carbocycles. The number of piperidine rings is 1. The Hall–Kier alpha value is -3.59. The second kappa shape index (κ2) is 11.9. The molecule has 1 unspecified atom stereocenters. The lowest BCUT2D eigenvalue weighted by Gasteiger charge is -2.40. The summed E-state index contributed by atoms with van der Waals surface area (Å²) >= 11 is 0. The molecule has 1 atom stereocenters. The second-order valence-corrected chi connectivity index (χ2v) is 12.1. The molecule has 9 heteroatoms. The van der Waals surface area contributed by atoms with Crippen LogP contribution in [0.2, 0.25) is 0 Å². The lowest BCUT2D eigenvalue weighted by molar-refractivity contribution is -0.160. The van der Waals surface area contributed by atoms with E-state index in [-0.39, 0.29) is 17.2 Å². The van der Waals surface area contributed by atoms with Crippen LogP contribution < -0.4 is 9.64 Å². The van der Waals surface area contributed by atoms with Crippen molar-refractivity contribution in [2.24, 2.45) is 5.41 Å². The molecule has 0 radical (unpaired) electrons. The zero-order valence-corrected chi connectivity index (χ0v) is 24.2. The first kappa shape index (κ1) is 29.4. The minimum atomic E-state index is -1.19. The van der Waals surface area contributed by atoms with Crippen molar-refractivity contribution in [3.8, 4) is 17.1 Å². The highest BCUT2D eigenvalue weighted by Gasteiger charge is 2.35. The maximum absolute atomic E-state index is 13.1. The third-order valence-electron chi connectivity index (χ3n) is 7.15. The van der Waals surface area contributed by atoms with Crippen molar-refractivity contribution in [3.05, 3.63) is 65.5 Å². The van der Waals surface area contributed by atoms with Gasteiger partial charge in [0.05, 0.1) is 17.9 Å². The van der Waals surface area contributed by atoms with E-state index < -0.39 is 17.7 Å². The van der Waals surface area contributed by atoms with Crippen LogP contribution in [0.1, 0.15) is 70.4 Å². The minimum absolute atomic E-state index is 0.211. The Bertz CT molecular complexity index is 1310. The van der Waals surface area contributed by atoms with E-state index in [1.54, 1.807) is 30.7 Å². The number of carbonyl (C=O) groups is 1. The summed E-state index contributed by atoms with van der Waals surface area (Å²) in [4.78, 5) is 28.2. The van der Waals surface area contributed by atoms with Crippen LogP contribution in [0.15, 0.2) is 42.9 Å². The van der Waals surface area contributed by atoms with E-state index in [4.69, 9.17) is 9.47 Å². The number of rotatable bonds is 9. The lowest BCUT2D eigenvalue weighted by Crippen LogP contribution is -2.39. The van der Waals surface area contributed by atoms with Gasteiger partial charge in [-0.05, 0) is 63.6 Å². The molecule has 0 aliphatic carbocycles. The fraction of sp³-hybridized carbons (Fsp3) is 0.484. The number of hydrogen-bond donors (Lipinski definition) is 1. The predicted molar refractivity (Wildman–Crippen MR) is 152 cm³/mol. The van der Waals surface area contributed by atoms with E-state index >= 15 is 0 Å². The van der Waals surface area contributed by atoms with Crippen LogP contribution in [0, 0.1) is 18.2 Å². The van der Waals surface area contributed by atoms with Crippen molar-refractivity contribution < 1.29 is 23.8 Å². The SMILES string of the molecule is Cc1ncc(-c2cnc(OCCc3ccc(F)cc3)nc2)c(N2CCC(C)(C)CC2)c1C(OC(C)(C)C)C(=O)O. The van der Waals surface area contributed by atoms with E-state index in [1.807, 2.05) is 27.7 Å². The van der Waals surface area contributed by atoms with Gasteiger partial charge in [-0.2, -0.15) is 0 Å². The minimum Gasteiger partial charge on any atom is -0.479 e. The van der Waals surface area contributed by atoms with Gasteiger partial charge in [0.1, 0.15) is 5.82 Å². The Morgan fingerprint density at radius 3 is 2.27 bits per heavy atom. The Balaban J connectivity index is 1.67. The number of carboxylic acids is 1. The molecule has 4 rings (SSSR count). The van der Waals surface area contributed by atoms with Gasteiger partial charge in [-0.3, -0.25) is 4.98 Å². The highest BCUT2D eigenvalue weighted by molar-refractivity contribution is 5.86. The maximum Gasteiger partial charge on any atom is 0.337 e. The molecular formula is C31H39FN4O4. The summed E-state index contributed by atoms with van der Waals surface area (Å²) in [6.45, 7) is 13.8. The summed E-state index contributed by atoms with van der Waals surface area (Å²) < 4.78 is 25.0. The van der Waals surface area contributed by atoms with Gasteiger partial charge in [0.2, 0.25) is 0 Å². The van der Waals surface area contributed by atoms with Crippen LogP contribution >= 0.6 is 0 Å². The Kier molecular flexibility index (Phi) is 8.73. The number of aryl methyl sites for hydroxylation is 1. The van der Waals surface area contributed by atoms with Crippen LogP contribution in [0.5, 0.6) is 6.01 Å². The number of anilines is 1. The van der Waals surface area contributed by atoms with Crippen LogP contribution in [0.4, 0.5) is 10.1 Å². The van der Waals surface area contributed by atoms with E-state index in [2.05, 4.69) is 33.7 Å². The molecule has 0 amide bonds. The van der Waals surface area contributed by atoms with Gasteiger partial charge >= 0.3 is 12.0 Å². The van der Waals surface area contributed by atoms with Crippen molar-refractivity contribution in [2.45, 2.75) is 72.5 Å². The topological polar surface area (TPSA) is 97.7 Å². The van der Waals surface area contributed by atoms with E-state index in [0.29, 0.717) is 29.8 Å². The van der Waals surface area contributed by atoms with Gasteiger partial charge in [-0.15, -0.1) is 0 Å². The van der Waals surface area contributed by atoms with Crippen LogP contribution in [-0.4, -0.2) is 51.3 Å². The van der Waals surface area contributed by atoms with Gasteiger partial charge < -0.3 is 19.5 Å². The van der Waals surface area contributed by atoms with Crippen molar-refractivity contribution >= 4 is 11.7 Å². The van der Waals surface area contributed by atoms with Crippen molar-refractivity contribution in [1.82, 2.24) is 15.0 Å². The Labute approximate surface area is 235 Å². The molecule has 1 aliphatic rings. The molecule has 0 bridgehead atoms. The summed E-state index contributed by atoms with van der Waals surface area (Å²) in [5, 5.41) is 10.3. The van der Waals surface area contributed by atoms with E-state index in [0.717, 1.165) is 42.7 Å². The Morgan fingerprint density at radius 2 is 1.70 bits per heavy atom. The summed E-state index contributed by atoms with van der Waals surface area (Å²) in [5.41, 5.74) is 3.91. The van der Waals surface area contributed by atoms with Gasteiger partial charge in [-0.25, -0.2) is 19.2 Å². The zero-order valence-electron chi connectivity index (χ0n) is 24.2. The molecular weight excluding hydrogens is 511 g/mol. The highest BCUT2D eigenvalue weighted by atomic mass is 19.1. The second-order valence-electron chi connectivity index (χ2n) is 12.1. The first-order valence-electron chi connectivity index (χ1n) is 13.7. The molecule has 2 aromatic heterocycles. The summed E-state index contributed by atoms with van der Waals surface area (Å²) in [7, 11) is 0. The number of hydrogen-bond acceptors (Lipinski definition) is 7. The van der Waals surface area contributed by atoms with Crippen LogP contribution in [0.3, 0.4) is 0 Å². The first-order chi connectivity index (χ1) is 18.8. The van der Waals surface area contributed by atoms with Crippen LogP contribution in [-0.2, 0) is 16.0 Å². The van der Waals surface area contributed by atoms with Gasteiger partial charge in [0.15, 0.2) is 6.10 Å². The fourth-order valence-corrected chi connectivity index (χ4v) is 4.84. The molecule has 40 heavy (non-hydrogen) atoms. The van der Waals surface area contributed by atoms with Crippen molar-refractivity contribution in [1.29, 1.82) is 0 Å². The lowest BCUT2D eigenvalue weighted by atomic mass is 9.82. The van der Waals surface area contributed by atoms with Crippen molar-refractivity contribution in [2.75, 3.05) is 24.6 Å². The average molecular weight is 551 g/mol. The third kappa shape index (κ3) is 7.33. The standard InChI is InChI=1S/C31H39FN4O4/c1-20-25(27(28(37)38)40-30(2,3)4)26(36-14-12-31(5,6)13-15-36)24(19-33-20)22-17-34-29(35-18-22)39-16-11-21-7-9-23(32)10-8-21/h7-10,17-19,27H,11-16H2,1-6H3,(H,37,38). The first-order valence-corrected chi connectivity index (χ1v) is 13.7. The summed E-state index contributed by atoms with van der Waals surface area (Å²) in [5.74, 6) is -1.33. The molecule has 8 nitrogen and oxygen atoms in total. The molecule has 214 valence electrons. The highest BCUT2D eigenvalue weighted by Crippen LogP contribution is 2.43. The van der Waals surface area contributed by atoms with E-state index in [9.17, 15) is 14.3 Å². The number of pyridine rings is 1. The normalized spacial score (nSPS) is 16.0. The van der Waals surface area contributed by atoms with Gasteiger partial charge in [0.25, 0.3) is 0 Å². The van der Waals surface area contributed by atoms with Gasteiger partial charge in [-0.1, -0.05) is 26.0 Å². The van der Waals surface area contributed by atoms with Crippen molar-refractivity contribution in [3.63, 3.8) is 0 Å².